The van der Waals surface area contributed by atoms with Crippen molar-refractivity contribution in [2.24, 2.45) is 5.73 Å². The molecule has 0 radical (unpaired) electrons. The first-order valence-corrected chi connectivity index (χ1v) is 8.76. The van der Waals surface area contributed by atoms with Gasteiger partial charge in [0.2, 0.25) is 0 Å². The standard InChI is InChI=1S/C16H22BrN5O2.ClH/c1-16(2,24)15(23)21-11-7-20-14-12(11)13(10(17)6-19-14)22-5-3-4-9(18)8-22;/h6-7,9,24H,3-5,8,18H2,1-2H3,(H,19,20)(H,21,23);1H. The summed E-state index contributed by atoms with van der Waals surface area (Å²) in [4.78, 5) is 21.8. The highest BCUT2D eigenvalue weighted by Crippen LogP contribution is 2.38. The Labute approximate surface area is 160 Å². The van der Waals surface area contributed by atoms with Crippen LogP contribution in [-0.2, 0) is 4.79 Å². The minimum Gasteiger partial charge on any atom is -0.381 e. The number of nitrogens with two attached hydrogens (primary N) is 1. The zero-order valence-corrected chi connectivity index (χ0v) is 16.6. The highest BCUT2D eigenvalue weighted by Gasteiger charge is 2.27. The Hall–Kier alpha value is -1.35. The summed E-state index contributed by atoms with van der Waals surface area (Å²) in [6, 6.07) is 0.127. The molecule has 5 N–H and O–H groups in total. The second-order valence-electron chi connectivity index (χ2n) is 6.74. The molecular formula is C16H23BrClN5O2. The Morgan fingerprint density at radius 1 is 1.56 bits per heavy atom. The van der Waals surface area contributed by atoms with E-state index in [0.29, 0.717) is 11.3 Å². The van der Waals surface area contributed by atoms with E-state index in [4.69, 9.17) is 5.73 Å². The SMILES string of the molecule is CC(C)(O)C(=O)Nc1c[nH]c2ncc(Br)c(N3CCCC(N)C3)c12.Cl. The third kappa shape index (κ3) is 4.08. The summed E-state index contributed by atoms with van der Waals surface area (Å²) in [6.07, 6.45) is 5.47. The molecule has 1 fully saturated rings. The molecule has 3 rings (SSSR count). The zero-order valence-electron chi connectivity index (χ0n) is 14.2. The van der Waals surface area contributed by atoms with Gasteiger partial charge in [0, 0.05) is 31.5 Å². The Morgan fingerprint density at radius 3 is 2.92 bits per heavy atom. The van der Waals surface area contributed by atoms with E-state index < -0.39 is 11.5 Å². The van der Waals surface area contributed by atoms with Crippen LogP contribution in [0.3, 0.4) is 0 Å². The average molecular weight is 433 g/mol. The number of nitrogens with zero attached hydrogens (tertiary/aromatic N) is 2. The van der Waals surface area contributed by atoms with Gasteiger partial charge in [-0.15, -0.1) is 12.4 Å². The minimum atomic E-state index is -1.46. The normalized spacial score (nSPS) is 18.1. The van der Waals surface area contributed by atoms with Crippen molar-refractivity contribution in [2.45, 2.75) is 38.3 Å². The number of rotatable bonds is 3. The third-order valence-electron chi connectivity index (χ3n) is 4.21. The van der Waals surface area contributed by atoms with Gasteiger partial charge in [0.15, 0.2) is 0 Å². The first-order chi connectivity index (χ1) is 11.3. The van der Waals surface area contributed by atoms with Gasteiger partial charge in [0.05, 0.1) is 21.2 Å². The fourth-order valence-electron chi connectivity index (χ4n) is 2.95. The molecule has 1 aliphatic heterocycles. The highest BCUT2D eigenvalue weighted by atomic mass is 79.9. The van der Waals surface area contributed by atoms with Crippen molar-refractivity contribution in [3.05, 3.63) is 16.9 Å². The predicted molar refractivity (Wildman–Crippen MR) is 105 cm³/mol. The van der Waals surface area contributed by atoms with Gasteiger partial charge in [-0.2, -0.15) is 0 Å². The molecule has 0 saturated carbocycles. The van der Waals surface area contributed by atoms with Crippen LogP contribution in [0.5, 0.6) is 0 Å². The number of halogens is 2. The number of nitrogens with one attached hydrogen (secondary N) is 2. The molecule has 1 aliphatic rings. The molecule has 0 aliphatic carbocycles. The summed E-state index contributed by atoms with van der Waals surface area (Å²) in [7, 11) is 0. The number of anilines is 2. The number of piperidine rings is 1. The highest BCUT2D eigenvalue weighted by molar-refractivity contribution is 9.10. The Balaban J connectivity index is 0.00000225. The lowest BCUT2D eigenvalue weighted by Crippen LogP contribution is -2.43. The van der Waals surface area contributed by atoms with Crippen LogP contribution in [0.4, 0.5) is 11.4 Å². The molecule has 2 aromatic rings. The number of hydrogen-bond donors (Lipinski definition) is 4. The van der Waals surface area contributed by atoms with Crippen molar-refractivity contribution >= 4 is 56.7 Å². The van der Waals surface area contributed by atoms with E-state index in [2.05, 4.69) is 36.1 Å². The van der Waals surface area contributed by atoms with E-state index in [1.165, 1.54) is 13.8 Å². The second-order valence-corrected chi connectivity index (χ2v) is 7.60. The molecule has 1 amide bonds. The van der Waals surface area contributed by atoms with Gasteiger partial charge in [-0.05, 0) is 42.6 Å². The summed E-state index contributed by atoms with van der Waals surface area (Å²) in [5, 5.41) is 13.5. The number of pyridine rings is 1. The van der Waals surface area contributed by atoms with Crippen LogP contribution in [0.1, 0.15) is 26.7 Å². The minimum absolute atomic E-state index is 0. The smallest absolute Gasteiger partial charge is 0.255 e. The number of fused-ring (bicyclic) bond motifs is 1. The molecule has 1 saturated heterocycles. The van der Waals surface area contributed by atoms with Crippen LogP contribution in [0.15, 0.2) is 16.9 Å². The number of aromatic amines is 1. The first-order valence-electron chi connectivity index (χ1n) is 7.97. The molecule has 9 heteroatoms. The molecule has 3 heterocycles. The lowest BCUT2D eigenvalue weighted by atomic mass is 10.1. The van der Waals surface area contributed by atoms with Gasteiger partial charge < -0.3 is 26.0 Å². The van der Waals surface area contributed by atoms with Crippen LogP contribution >= 0.6 is 28.3 Å². The van der Waals surface area contributed by atoms with Crippen molar-refractivity contribution in [1.82, 2.24) is 9.97 Å². The van der Waals surface area contributed by atoms with Gasteiger partial charge in [0.1, 0.15) is 11.2 Å². The number of aromatic nitrogens is 2. The van der Waals surface area contributed by atoms with Gasteiger partial charge in [0.25, 0.3) is 5.91 Å². The topological polar surface area (TPSA) is 107 Å². The number of amides is 1. The van der Waals surface area contributed by atoms with Gasteiger partial charge in [-0.1, -0.05) is 0 Å². The van der Waals surface area contributed by atoms with Crippen LogP contribution in [0, 0.1) is 0 Å². The van der Waals surface area contributed by atoms with Crippen molar-refractivity contribution in [2.75, 3.05) is 23.3 Å². The van der Waals surface area contributed by atoms with Crippen LogP contribution in [0.2, 0.25) is 0 Å². The summed E-state index contributed by atoms with van der Waals surface area (Å²) < 4.78 is 0.849. The second kappa shape index (κ2) is 7.49. The number of aliphatic hydroxyl groups is 1. The van der Waals surface area contributed by atoms with E-state index in [9.17, 15) is 9.90 Å². The Bertz CT molecular complexity index is 774. The third-order valence-corrected chi connectivity index (χ3v) is 4.79. The van der Waals surface area contributed by atoms with Gasteiger partial charge in [-0.3, -0.25) is 4.79 Å². The first kappa shape index (κ1) is 20.0. The van der Waals surface area contributed by atoms with Crippen LogP contribution in [-0.4, -0.2) is 45.7 Å². The number of hydrogen-bond acceptors (Lipinski definition) is 5. The maximum atomic E-state index is 12.2. The molecule has 2 aromatic heterocycles. The molecule has 7 nitrogen and oxygen atoms in total. The van der Waals surface area contributed by atoms with Crippen molar-refractivity contribution < 1.29 is 9.90 Å². The van der Waals surface area contributed by atoms with Crippen molar-refractivity contribution in [3.8, 4) is 0 Å². The summed E-state index contributed by atoms with van der Waals surface area (Å²) >= 11 is 3.58. The predicted octanol–water partition coefficient (Wildman–Crippen LogP) is 2.38. The molecule has 1 unspecified atom stereocenters. The Kier molecular flexibility index (Phi) is 5.98. The molecule has 138 valence electrons. The molecule has 25 heavy (non-hydrogen) atoms. The maximum absolute atomic E-state index is 12.2. The molecular weight excluding hydrogens is 410 g/mol. The average Bonchev–Trinajstić information content (AvgIpc) is 2.89. The largest absolute Gasteiger partial charge is 0.381 e. The van der Waals surface area contributed by atoms with E-state index in [-0.39, 0.29) is 18.4 Å². The summed E-state index contributed by atoms with van der Waals surface area (Å²) in [5.74, 6) is -0.468. The summed E-state index contributed by atoms with van der Waals surface area (Å²) in [5.41, 5.74) is 6.90. The van der Waals surface area contributed by atoms with E-state index in [1.54, 1.807) is 12.4 Å². The van der Waals surface area contributed by atoms with E-state index >= 15 is 0 Å². The maximum Gasteiger partial charge on any atom is 0.255 e. The summed E-state index contributed by atoms with van der Waals surface area (Å²) in [6.45, 7) is 4.56. The van der Waals surface area contributed by atoms with Crippen molar-refractivity contribution in [3.63, 3.8) is 0 Å². The molecule has 0 spiro atoms. The monoisotopic (exact) mass is 431 g/mol. The van der Waals surface area contributed by atoms with Crippen LogP contribution in [0.25, 0.3) is 11.0 Å². The van der Waals surface area contributed by atoms with Crippen molar-refractivity contribution in [1.29, 1.82) is 0 Å². The van der Waals surface area contributed by atoms with Gasteiger partial charge >= 0.3 is 0 Å². The molecule has 1 atom stereocenters. The van der Waals surface area contributed by atoms with E-state index in [1.807, 2.05) is 0 Å². The molecule has 0 bridgehead atoms. The lowest BCUT2D eigenvalue weighted by molar-refractivity contribution is -0.130. The van der Waals surface area contributed by atoms with Gasteiger partial charge in [-0.25, -0.2) is 4.98 Å². The number of H-pyrrole nitrogens is 1. The number of carbonyl (C=O) groups excluding carboxylic acids is 1. The zero-order chi connectivity index (χ0) is 17.5. The Morgan fingerprint density at radius 2 is 2.28 bits per heavy atom. The number of carbonyl (C=O) groups is 1. The van der Waals surface area contributed by atoms with E-state index in [0.717, 1.165) is 41.5 Å². The molecule has 0 aromatic carbocycles. The lowest BCUT2D eigenvalue weighted by Gasteiger charge is -2.33. The fraction of sp³-hybridized carbons (Fsp3) is 0.500. The quantitative estimate of drug-likeness (QED) is 0.596. The van der Waals surface area contributed by atoms with Crippen LogP contribution < -0.4 is 16.0 Å². The fourth-order valence-corrected chi connectivity index (χ4v) is 3.50.